The van der Waals surface area contributed by atoms with Gasteiger partial charge in [0.05, 0.1) is 0 Å². The lowest BCUT2D eigenvalue weighted by atomic mass is 10.3. The lowest BCUT2D eigenvalue weighted by molar-refractivity contribution is -0.116. The molecular weight excluding hydrogens is 231 g/mol. The Balaban J connectivity index is 2.27. The molecule has 0 unspecified atom stereocenters. The first-order valence-electron chi connectivity index (χ1n) is 6.35. The molecule has 1 N–H and O–H groups in total. The largest absolute Gasteiger partial charge is 0.326 e. The number of nitrogens with zero attached hydrogens (tertiary/aromatic N) is 1. The quantitative estimate of drug-likeness (QED) is 0.809. The fourth-order valence-electron chi connectivity index (χ4n) is 1.59. The zero-order valence-electron chi connectivity index (χ0n) is 11.1. The van der Waals surface area contributed by atoms with E-state index in [1.165, 1.54) is 12.1 Å². The van der Waals surface area contributed by atoms with Crippen molar-refractivity contribution in [3.63, 3.8) is 0 Å². The molecule has 0 heterocycles. The van der Waals surface area contributed by atoms with Crippen molar-refractivity contribution in [2.75, 3.05) is 25.5 Å². The number of nitrogens with one attached hydrogen (secondary N) is 1. The molecule has 0 aliphatic carbocycles. The molecule has 0 saturated heterocycles. The molecule has 0 atom stereocenters. The molecule has 0 aliphatic rings. The summed E-state index contributed by atoms with van der Waals surface area (Å²) in [5.41, 5.74) is 0.637. The van der Waals surface area contributed by atoms with E-state index in [1.807, 2.05) is 7.05 Å². The highest BCUT2D eigenvalue weighted by Gasteiger charge is 2.04. The Hall–Kier alpha value is -1.42. The minimum absolute atomic E-state index is 0.0371. The molecule has 0 aliphatic heterocycles. The van der Waals surface area contributed by atoms with Crippen LogP contribution in [0.25, 0.3) is 0 Å². The molecule has 1 rings (SSSR count). The summed E-state index contributed by atoms with van der Waals surface area (Å²) in [6.45, 7) is 3.91. The summed E-state index contributed by atoms with van der Waals surface area (Å²) >= 11 is 0. The third-order valence-electron chi connectivity index (χ3n) is 2.74. The van der Waals surface area contributed by atoms with Crippen molar-refractivity contribution in [3.8, 4) is 0 Å². The predicted molar refractivity (Wildman–Crippen MR) is 72.1 cm³/mol. The number of carbonyl (C=O) groups excluding carboxylic acids is 1. The number of amides is 1. The number of halogens is 1. The summed E-state index contributed by atoms with van der Waals surface area (Å²) in [6, 6.07) is 5.80. The van der Waals surface area contributed by atoms with E-state index < -0.39 is 0 Å². The highest BCUT2D eigenvalue weighted by atomic mass is 19.1. The molecule has 3 nitrogen and oxygen atoms in total. The van der Waals surface area contributed by atoms with E-state index >= 15 is 0 Å². The Morgan fingerprint density at radius 2 is 1.94 bits per heavy atom. The van der Waals surface area contributed by atoms with Gasteiger partial charge in [0.1, 0.15) is 5.82 Å². The number of carbonyl (C=O) groups is 1. The van der Waals surface area contributed by atoms with Crippen molar-refractivity contribution < 1.29 is 9.18 Å². The summed E-state index contributed by atoms with van der Waals surface area (Å²) in [5, 5.41) is 2.75. The van der Waals surface area contributed by atoms with E-state index in [9.17, 15) is 9.18 Å². The number of rotatable bonds is 7. The van der Waals surface area contributed by atoms with Gasteiger partial charge in [-0.25, -0.2) is 4.39 Å². The van der Waals surface area contributed by atoms with Gasteiger partial charge in [0, 0.05) is 18.7 Å². The maximum atomic E-state index is 12.7. The van der Waals surface area contributed by atoms with Crippen LogP contribution in [0, 0.1) is 5.82 Å². The standard InChI is InChI=1S/C14H21FN2O/c1-3-4-10-17(2)11-9-14(18)16-13-7-5-12(15)6-8-13/h5-8H,3-4,9-11H2,1-2H3,(H,16,18). The normalized spacial score (nSPS) is 10.7. The molecule has 0 fully saturated rings. The van der Waals surface area contributed by atoms with Crippen LogP contribution in [0.4, 0.5) is 10.1 Å². The maximum Gasteiger partial charge on any atom is 0.225 e. The van der Waals surface area contributed by atoms with Crippen LogP contribution < -0.4 is 5.32 Å². The van der Waals surface area contributed by atoms with Gasteiger partial charge in [0.2, 0.25) is 5.91 Å². The topological polar surface area (TPSA) is 32.3 Å². The third kappa shape index (κ3) is 5.77. The maximum absolute atomic E-state index is 12.7. The van der Waals surface area contributed by atoms with Gasteiger partial charge in [-0.05, 0) is 44.3 Å². The second-order valence-electron chi connectivity index (χ2n) is 4.46. The molecule has 0 bridgehead atoms. The molecule has 4 heteroatoms. The van der Waals surface area contributed by atoms with Crippen molar-refractivity contribution >= 4 is 11.6 Å². The first-order valence-corrected chi connectivity index (χ1v) is 6.35. The summed E-state index contributed by atoms with van der Waals surface area (Å²) in [6.07, 6.45) is 2.76. The van der Waals surface area contributed by atoms with Crippen LogP contribution in [0.15, 0.2) is 24.3 Å². The summed E-state index contributed by atoms with van der Waals surface area (Å²) in [5.74, 6) is -0.336. The van der Waals surface area contributed by atoms with Crippen LogP contribution in [0.3, 0.4) is 0 Å². The van der Waals surface area contributed by atoms with Gasteiger partial charge in [-0.3, -0.25) is 4.79 Å². The molecule has 0 spiro atoms. The number of benzene rings is 1. The zero-order valence-corrected chi connectivity index (χ0v) is 11.1. The number of hydrogen-bond acceptors (Lipinski definition) is 2. The van der Waals surface area contributed by atoms with E-state index in [0.29, 0.717) is 12.1 Å². The van der Waals surface area contributed by atoms with Crippen molar-refractivity contribution in [3.05, 3.63) is 30.1 Å². The smallest absolute Gasteiger partial charge is 0.225 e. The molecular formula is C14H21FN2O. The van der Waals surface area contributed by atoms with Crippen molar-refractivity contribution in [2.45, 2.75) is 26.2 Å². The first-order chi connectivity index (χ1) is 8.61. The fourth-order valence-corrected chi connectivity index (χ4v) is 1.59. The van der Waals surface area contributed by atoms with Gasteiger partial charge in [-0.2, -0.15) is 0 Å². The predicted octanol–water partition coefficient (Wildman–Crippen LogP) is 2.89. The van der Waals surface area contributed by atoms with E-state index in [2.05, 4.69) is 17.1 Å². The molecule has 0 radical (unpaired) electrons. The minimum Gasteiger partial charge on any atom is -0.326 e. The van der Waals surface area contributed by atoms with E-state index in [4.69, 9.17) is 0 Å². The number of hydrogen-bond donors (Lipinski definition) is 1. The van der Waals surface area contributed by atoms with E-state index in [1.54, 1.807) is 12.1 Å². The third-order valence-corrected chi connectivity index (χ3v) is 2.74. The Labute approximate surface area is 108 Å². The van der Waals surface area contributed by atoms with Gasteiger partial charge in [-0.1, -0.05) is 13.3 Å². The summed E-state index contributed by atoms with van der Waals surface area (Å²) in [7, 11) is 2.01. The van der Waals surface area contributed by atoms with Gasteiger partial charge in [0.15, 0.2) is 0 Å². The van der Waals surface area contributed by atoms with Crippen molar-refractivity contribution in [1.82, 2.24) is 4.90 Å². The number of anilines is 1. The second-order valence-corrected chi connectivity index (χ2v) is 4.46. The Morgan fingerprint density at radius 3 is 2.56 bits per heavy atom. The van der Waals surface area contributed by atoms with Crippen LogP contribution in [0.1, 0.15) is 26.2 Å². The Bertz CT molecular complexity index is 365. The molecule has 100 valence electrons. The fraction of sp³-hybridized carbons (Fsp3) is 0.500. The Morgan fingerprint density at radius 1 is 1.28 bits per heavy atom. The van der Waals surface area contributed by atoms with Crippen LogP contribution in [0.2, 0.25) is 0 Å². The van der Waals surface area contributed by atoms with Crippen LogP contribution in [-0.2, 0) is 4.79 Å². The molecule has 18 heavy (non-hydrogen) atoms. The molecule has 1 amide bonds. The molecule has 1 aromatic carbocycles. The van der Waals surface area contributed by atoms with Gasteiger partial charge in [0.25, 0.3) is 0 Å². The summed E-state index contributed by atoms with van der Waals surface area (Å²) in [4.78, 5) is 13.8. The highest BCUT2D eigenvalue weighted by molar-refractivity contribution is 5.90. The van der Waals surface area contributed by atoms with E-state index in [-0.39, 0.29) is 11.7 Å². The Kier molecular flexibility index (Phi) is 6.36. The minimum atomic E-state index is -0.299. The lowest BCUT2D eigenvalue weighted by Gasteiger charge is -2.15. The zero-order chi connectivity index (χ0) is 13.4. The first kappa shape index (κ1) is 14.6. The van der Waals surface area contributed by atoms with Gasteiger partial charge < -0.3 is 10.2 Å². The average molecular weight is 252 g/mol. The molecule has 0 aromatic heterocycles. The number of unbranched alkanes of at least 4 members (excludes halogenated alkanes) is 1. The monoisotopic (exact) mass is 252 g/mol. The van der Waals surface area contributed by atoms with Crippen LogP contribution in [0.5, 0.6) is 0 Å². The van der Waals surface area contributed by atoms with Gasteiger partial charge >= 0.3 is 0 Å². The van der Waals surface area contributed by atoms with Crippen LogP contribution in [-0.4, -0.2) is 30.9 Å². The lowest BCUT2D eigenvalue weighted by Crippen LogP contribution is -2.25. The van der Waals surface area contributed by atoms with Gasteiger partial charge in [-0.15, -0.1) is 0 Å². The second kappa shape index (κ2) is 7.82. The van der Waals surface area contributed by atoms with E-state index in [0.717, 1.165) is 25.9 Å². The molecule has 1 aromatic rings. The SMILES string of the molecule is CCCCN(C)CCC(=O)Nc1ccc(F)cc1. The van der Waals surface area contributed by atoms with Crippen molar-refractivity contribution in [1.29, 1.82) is 0 Å². The molecule has 0 saturated carbocycles. The van der Waals surface area contributed by atoms with Crippen molar-refractivity contribution in [2.24, 2.45) is 0 Å². The summed E-state index contributed by atoms with van der Waals surface area (Å²) < 4.78 is 12.7. The average Bonchev–Trinajstić information content (AvgIpc) is 2.36. The highest BCUT2D eigenvalue weighted by Crippen LogP contribution is 2.08. The van der Waals surface area contributed by atoms with Crippen LogP contribution >= 0.6 is 0 Å².